The number of hydrogen-bond acceptors (Lipinski definition) is 3. The van der Waals surface area contributed by atoms with Gasteiger partial charge in [0.2, 0.25) is 0 Å². The molecular formula is C11H11ClN2S. The van der Waals surface area contributed by atoms with Gasteiger partial charge >= 0.3 is 0 Å². The molecule has 78 valence electrons. The number of rotatable bonds is 2. The van der Waals surface area contributed by atoms with Crippen LogP contribution in [-0.2, 0) is 0 Å². The first kappa shape index (κ1) is 10.6. The lowest BCUT2D eigenvalue weighted by Crippen LogP contribution is -1.81. The van der Waals surface area contributed by atoms with Crippen molar-refractivity contribution in [3.63, 3.8) is 0 Å². The molecular weight excluding hydrogens is 228 g/mol. The molecule has 0 aliphatic carbocycles. The molecule has 0 saturated carbocycles. The quantitative estimate of drug-likeness (QED) is 0.791. The van der Waals surface area contributed by atoms with Crippen molar-refractivity contribution >= 4 is 22.9 Å². The molecule has 0 bridgehead atoms. The smallest absolute Gasteiger partial charge is 0.144 e. The van der Waals surface area contributed by atoms with E-state index >= 15 is 0 Å². The van der Waals surface area contributed by atoms with Crippen molar-refractivity contribution in [3.05, 3.63) is 34.6 Å². The lowest BCUT2D eigenvalue weighted by molar-refractivity contribution is 0.886. The van der Waals surface area contributed by atoms with Crippen LogP contribution in [0.5, 0.6) is 0 Å². The van der Waals surface area contributed by atoms with Crippen LogP contribution < -0.4 is 0 Å². The fourth-order valence-electron chi connectivity index (χ4n) is 1.28. The summed E-state index contributed by atoms with van der Waals surface area (Å²) in [5.74, 6) is 0.417. The van der Waals surface area contributed by atoms with Crippen molar-refractivity contribution in [2.45, 2.75) is 19.8 Å². The van der Waals surface area contributed by atoms with Gasteiger partial charge in [0.15, 0.2) is 0 Å². The van der Waals surface area contributed by atoms with E-state index in [1.807, 2.05) is 12.1 Å². The highest BCUT2D eigenvalue weighted by Gasteiger charge is 2.13. The van der Waals surface area contributed by atoms with Crippen LogP contribution in [0, 0.1) is 0 Å². The van der Waals surface area contributed by atoms with Gasteiger partial charge in [0.1, 0.15) is 10.2 Å². The predicted octanol–water partition coefficient (Wildman–Crippen LogP) is 3.98. The van der Waals surface area contributed by atoms with Crippen molar-refractivity contribution in [2.75, 3.05) is 0 Å². The van der Waals surface area contributed by atoms with Crippen LogP contribution in [0.15, 0.2) is 24.5 Å². The Labute approximate surface area is 98.0 Å². The second-order valence-corrected chi connectivity index (χ2v) is 4.96. The largest absolute Gasteiger partial charge is 0.264 e. The molecule has 0 N–H and O–H groups in total. The second kappa shape index (κ2) is 4.29. The Hall–Kier alpha value is -0.930. The number of pyridine rings is 1. The Morgan fingerprint density at radius 3 is 2.73 bits per heavy atom. The van der Waals surface area contributed by atoms with Gasteiger partial charge in [-0.3, -0.25) is 4.98 Å². The molecule has 2 aromatic heterocycles. The van der Waals surface area contributed by atoms with Crippen molar-refractivity contribution in [1.29, 1.82) is 0 Å². The maximum Gasteiger partial charge on any atom is 0.144 e. The third-order valence-electron chi connectivity index (χ3n) is 2.04. The lowest BCUT2D eigenvalue weighted by Gasteiger charge is -1.98. The SMILES string of the molecule is CC(C)c1sc(-c2cccnc2)nc1Cl. The molecule has 0 radical (unpaired) electrons. The third kappa shape index (κ3) is 2.19. The molecule has 0 fully saturated rings. The molecule has 0 saturated heterocycles. The van der Waals surface area contributed by atoms with Gasteiger partial charge in [0, 0.05) is 22.8 Å². The molecule has 0 aromatic carbocycles. The normalized spacial score (nSPS) is 10.9. The van der Waals surface area contributed by atoms with Crippen LogP contribution in [0.3, 0.4) is 0 Å². The topological polar surface area (TPSA) is 25.8 Å². The number of thiazole rings is 1. The average Bonchev–Trinajstić information content (AvgIpc) is 2.62. The van der Waals surface area contributed by atoms with Crippen LogP contribution in [-0.4, -0.2) is 9.97 Å². The highest BCUT2D eigenvalue weighted by molar-refractivity contribution is 7.15. The maximum atomic E-state index is 6.07. The van der Waals surface area contributed by atoms with E-state index in [0.29, 0.717) is 11.1 Å². The second-order valence-electron chi connectivity index (χ2n) is 3.57. The zero-order valence-corrected chi connectivity index (χ0v) is 10.1. The molecule has 0 spiro atoms. The summed E-state index contributed by atoms with van der Waals surface area (Å²) < 4.78 is 0. The van der Waals surface area contributed by atoms with Crippen LogP contribution in [0.4, 0.5) is 0 Å². The van der Waals surface area contributed by atoms with Crippen LogP contribution >= 0.6 is 22.9 Å². The fraction of sp³-hybridized carbons (Fsp3) is 0.273. The van der Waals surface area contributed by atoms with Gasteiger partial charge in [-0.15, -0.1) is 11.3 Å². The molecule has 0 atom stereocenters. The summed E-state index contributed by atoms with van der Waals surface area (Å²) in [5.41, 5.74) is 1.02. The highest BCUT2D eigenvalue weighted by atomic mass is 35.5. The van der Waals surface area contributed by atoms with Gasteiger partial charge in [-0.05, 0) is 18.1 Å². The van der Waals surface area contributed by atoms with E-state index in [9.17, 15) is 0 Å². The Bertz CT molecular complexity index is 451. The molecule has 2 rings (SSSR count). The molecule has 0 amide bonds. The Kier molecular flexibility index (Phi) is 3.03. The van der Waals surface area contributed by atoms with Gasteiger partial charge < -0.3 is 0 Å². The summed E-state index contributed by atoms with van der Waals surface area (Å²) in [5, 5.41) is 1.56. The molecule has 0 unspecified atom stereocenters. The minimum absolute atomic E-state index is 0.417. The lowest BCUT2D eigenvalue weighted by atomic mass is 10.2. The summed E-state index contributed by atoms with van der Waals surface area (Å²) in [4.78, 5) is 9.55. The summed E-state index contributed by atoms with van der Waals surface area (Å²) in [6, 6.07) is 3.89. The van der Waals surface area contributed by atoms with E-state index in [-0.39, 0.29) is 0 Å². The molecule has 2 aromatic rings. The van der Waals surface area contributed by atoms with Gasteiger partial charge in [0.05, 0.1) is 0 Å². The van der Waals surface area contributed by atoms with Crippen LogP contribution in [0.25, 0.3) is 10.6 Å². The minimum atomic E-state index is 0.417. The Morgan fingerprint density at radius 1 is 1.40 bits per heavy atom. The number of hydrogen-bond donors (Lipinski definition) is 0. The van der Waals surface area contributed by atoms with Crippen molar-refractivity contribution in [3.8, 4) is 10.6 Å². The molecule has 4 heteroatoms. The Balaban J connectivity index is 2.43. The molecule has 15 heavy (non-hydrogen) atoms. The molecule has 0 aliphatic heterocycles. The first-order valence-electron chi connectivity index (χ1n) is 4.75. The summed E-state index contributed by atoms with van der Waals surface area (Å²) in [6.45, 7) is 4.23. The number of nitrogens with zero attached hydrogens (tertiary/aromatic N) is 2. The molecule has 2 nitrogen and oxygen atoms in total. The fourth-order valence-corrected chi connectivity index (χ4v) is 2.70. The Morgan fingerprint density at radius 2 is 2.20 bits per heavy atom. The average molecular weight is 239 g/mol. The van der Waals surface area contributed by atoms with Crippen molar-refractivity contribution in [1.82, 2.24) is 9.97 Å². The van der Waals surface area contributed by atoms with Crippen LogP contribution in [0.2, 0.25) is 5.15 Å². The van der Waals surface area contributed by atoms with Gasteiger partial charge in [-0.2, -0.15) is 0 Å². The molecule has 0 aliphatic rings. The van der Waals surface area contributed by atoms with E-state index in [1.165, 1.54) is 0 Å². The first-order valence-corrected chi connectivity index (χ1v) is 5.94. The van der Waals surface area contributed by atoms with E-state index in [2.05, 4.69) is 23.8 Å². The number of halogens is 1. The zero-order chi connectivity index (χ0) is 10.8. The standard InChI is InChI=1S/C11H11ClN2S/c1-7(2)9-10(12)14-11(15-9)8-4-3-5-13-6-8/h3-7H,1-2H3. The summed E-state index contributed by atoms with van der Waals surface area (Å²) >= 11 is 7.71. The summed E-state index contributed by atoms with van der Waals surface area (Å²) in [6.07, 6.45) is 3.56. The minimum Gasteiger partial charge on any atom is -0.264 e. The van der Waals surface area contributed by atoms with E-state index in [4.69, 9.17) is 11.6 Å². The third-order valence-corrected chi connectivity index (χ3v) is 3.85. The van der Waals surface area contributed by atoms with Crippen molar-refractivity contribution in [2.24, 2.45) is 0 Å². The monoisotopic (exact) mass is 238 g/mol. The van der Waals surface area contributed by atoms with E-state index < -0.39 is 0 Å². The highest BCUT2D eigenvalue weighted by Crippen LogP contribution is 2.34. The van der Waals surface area contributed by atoms with E-state index in [1.54, 1.807) is 23.7 Å². The van der Waals surface area contributed by atoms with Gasteiger partial charge in [-0.25, -0.2) is 4.98 Å². The first-order chi connectivity index (χ1) is 7.18. The van der Waals surface area contributed by atoms with Crippen molar-refractivity contribution < 1.29 is 0 Å². The zero-order valence-electron chi connectivity index (χ0n) is 8.57. The predicted molar refractivity (Wildman–Crippen MR) is 64.4 cm³/mol. The summed E-state index contributed by atoms with van der Waals surface area (Å²) in [7, 11) is 0. The maximum absolute atomic E-state index is 6.07. The van der Waals surface area contributed by atoms with Gasteiger partial charge in [0.25, 0.3) is 0 Å². The van der Waals surface area contributed by atoms with Crippen LogP contribution in [0.1, 0.15) is 24.6 Å². The van der Waals surface area contributed by atoms with E-state index in [0.717, 1.165) is 15.4 Å². The molecule has 2 heterocycles. The number of aromatic nitrogens is 2. The van der Waals surface area contributed by atoms with Gasteiger partial charge in [-0.1, -0.05) is 25.4 Å².